The summed E-state index contributed by atoms with van der Waals surface area (Å²) in [5, 5.41) is 0. The summed E-state index contributed by atoms with van der Waals surface area (Å²) in [5.41, 5.74) is 6.92. The molecule has 0 fully saturated rings. The van der Waals surface area contributed by atoms with E-state index in [1.54, 1.807) is 11.0 Å². The van der Waals surface area contributed by atoms with Crippen molar-refractivity contribution in [2.24, 2.45) is 0 Å². The third-order valence-corrected chi connectivity index (χ3v) is 2.90. The van der Waals surface area contributed by atoms with Crippen molar-refractivity contribution in [2.75, 3.05) is 18.8 Å². The quantitative estimate of drug-likeness (QED) is 0.598. The van der Waals surface area contributed by atoms with Crippen molar-refractivity contribution < 1.29 is 9.18 Å². The average Bonchev–Trinajstić information content (AvgIpc) is 2.32. The second kappa shape index (κ2) is 4.57. The number of nitrogens with zero attached hydrogens (tertiary/aromatic N) is 1. The van der Waals surface area contributed by atoms with Crippen LogP contribution in [0.3, 0.4) is 0 Å². The lowest BCUT2D eigenvalue weighted by Crippen LogP contribution is -2.35. The highest BCUT2D eigenvalue weighted by Crippen LogP contribution is 2.20. The van der Waals surface area contributed by atoms with E-state index in [0.717, 1.165) is 12.0 Å². The van der Waals surface area contributed by atoms with Crippen molar-refractivity contribution >= 4 is 11.6 Å². The van der Waals surface area contributed by atoms with E-state index in [9.17, 15) is 9.18 Å². The summed E-state index contributed by atoms with van der Waals surface area (Å²) in [5.74, 6) is -0.741. The van der Waals surface area contributed by atoms with Crippen LogP contribution >= 0.6 is 0 Å². The van der Waals surface area contributed by atoms with Gasteiger partial charge < -0.3 is 10.6 Å². The first kappa shape index (κ1) is 11.6. The molecule has 0 bridgehead atoms. The van der Waals surface area contributed by atoms with Gasteiger partial charge in [0.05, 0.1) is 11.3 Å². The number of rotatable bonds is 1. The van der Waals surface area contributed by atoms with Crippen LogP contribution < -0.4 is 5.73 Å². The van der Waals surface area contributed by atoms with E-state index in [0.29, 0.717) is 13.1 Å². The van der Waals surface area contributed by atoms with E-state index in [2.05, 4.69) is 6.08 Å². The van der Waals surface area contributed by atoms with Gasteiger partial charge in [-0.15, -0.1) is 0 Å². The Morgan fingerprint density at radius 1 is 1.47 bits per heavy atom. The molecule has 1 aromatic rings. The molecule has 0 atom stereocenters. The van der Waals surface area contributed by atoms with Crippen LogP contribution in [0.15, 0.2) is 29.8 Å². The molecule has 1 aromatic carbocycles. The molecule has 4 heteroatoms. The molecule has 2 N–H and O–H groups in total. The van der Waals surface area contributed by atoms with Gasteiger partial charge in [-0.2, -0.15) is 0 Å². The Bertz CT molecular complexity index is 482. The fraction of sp³-hybridized carbons (Fsp3) is 0.308. The van der Waals surface area contributed by atoms with Crippen molar-refractivity contribution in [1.29, 1.82) is 0 Å². The number of amides is 1. The van der Waals surface area contributed by atoms with Crippen LogP contribution in [0, 0.1) is 5.82 Å². The molecule has 3 nitrogen and oxygen atoms in total. The number of carbonyl (C=O) groups is 1. The Morgan fingerprint density at radius 3 is 2.94 bits per heavy atom. The summed E-state index contributed by atoms with van der Waals surface area (Å²) in [6, 6.07) is 4.33. The largest absolute Gasteiger partial charge is 0.396 e. The van der Waals surface area contributed by atoms with Crippen molar-refractivity contribution in [3.63, 3.8) is 0 Å². The van der Waals surface area contributed by atoms with E-state index >= 15 is 0 Å². The van der Waals surface area contributed by atoms with Crippen LogP contribution in [0.2, 0.25) is 0 Å². The van der Waals surface area contributed by atoms with Gasteiger partial charge in [-0.25, -0.2) is 4.39 Å². The summed E-state index contributed by atoms with van der Waals surface area (Å²) in [7, 11) is 0. The van der Waals surface area contributed by atoms with Gasteiger partial charge in [-0.3, -0.25) is 4.79 Å². The number of anilines is 1. The second-order valence-electron chi connectivity index (χ2n) is 4.27. The third-order valence-electron chi connectivity index (χ3n) is 2.90. The predicted molar refractivity (Wildman–Crippen MR) is 65.1 cm³/mol. The molecule has 0 saturated heterocycles. The molecule has 1 heterocycles. The summed E-state index contributed by atoms with van der Waals surface area (Å²) in [6.45, 7) is 3.23. The van der Waals surface area contributed by atoms with E-state index in [1.807, 2.05) is 6.92 Å². The molecule has 90 valence electrons. The number of carbonyl (C=O) groups excluding carboxylic acids is 1. The lowest BCUT2D eigenvalue weighted by Gasteiger charge is -2.26. The van der Waals surface area contributed by atoms with E-state index < -0.39 is 5.82 Å². The normalized spacial score (nSPS) is 15.6. The number of benzene rings is 1. The van der Waals surface area contributed by atoms with Crippen LogP contribution in [0.4, 0.5) is 10.1 Å². The topological polar surface area (TPSA) is 46.3 Å². The van der Waals surface area contributed by atoms with Crippen LogP contribution in [-0.4, -0.2) is 23.9 Å². The molecule has 0 unspecified atom stereocenters. The predicted octanol–water partition coefficient (Wildman–Crippen LogP) is 2.20. The maximum Gasteiger partial charge on any atom is 0.256 e. The number of hydrogen-bond donors (Lipinski definition) is 1. The molecule has 0 saturated carbocycles. The molecule has 0 aliphatic carbocycles. The number of nitrogen functional groups attached to an aromatic ring is 1. The average molecular weight is 234 g/mol. The standard InChI is InChI=1S/C13H15FN2O/c1-9-4-3-7-16(8-9)13(17)10-5-2-6-11(14)12(10)15/h2,4-6H,3,7-8,15H2,1H3. The highest BCUT2D eigenvalue weighted by Gasteiger charge is 2.21. The van der Waals surface area contributed by atoms with Crippen LogP contribution in [0.25, 0.3) is 0 Å². The minimum Gasteiger partial charge on any atom is -0.396 e. The highest BCUT2D eigenvalue weighted by atomic mass is 19.1. The van der Waals surface area contributed by atoms with Gasteiger partial charge in [0.25, 0.3) is 5.91 Å². The fourth-order valence-electron chi connectivity index (χ4n) is 1.98. The minimum atomic E-state index is -0.542. The Balaban J connectivity index is 2.26. The molecular formula is C13H15FN2O. The Labute approximate surface area is 99.7 Å². The maximum atomic E-state index is 13.3. The number of hydrogen-bond acceptors (Lipinski definition) is 2. The third kappa shape index (κ3) is 2.30. The molecular weight excluding hydrogens is 219 g/mol. The van der Waals surface area contributed by atoms with E-state index in [-0.39, 0.29) is 17.2 Å². The van der Waals surface area contributed by atoms with Gasteiger partial charge >= 0.3 is 0 Å². The van der Waals surface area contributed by atoms with Gasteiger partial charge in [0.1, 0.15) is 5.82 Å². The van der Waals surface area contributed by atoms with Crippen LogP contribution in [-0.2, 0) is 0 Å². The van der Waals surface area contributed by atoms with Gasteiger partial charge in [-0.1, -0.05) is 17.7 Å². The van der Waals surface area contributed by atoms with Gasteiger partial charge in [0.2, 0.25) is 0 Å². The molecule has 2 rings (SSSR count). The Morgan fingerprint density at radius 2 is 2.24 bits per heavy atom. The first-order valence-corrected chi connectivity index (χ1v) is 5.58. The lowest BCUT2D eigenvalue weighted by atomic mass is 10.1. The van der Waals surface area contributed by atoms with Crippen molar-refractivity contribution in [3.8, 4) is 0 Å². The smallest absolute Gasteiger partial charge is 0.256 e. The van der Waals surface area contributed by atoms with Crippen LogP contribution in [0.1, 0.15) is 23.7 Å². The van der Waals surface area contributed by atoms with Gasteiger partial charge in [0, 0.05) is 13.1 Å². The number of halogens is 1. The SMILES string of the molecule is CC1=CCCN(C(=O)c2cccc(F)c2N)C1. The summed E-state index contributed by atoms with van der Waals surface area (Å²) >= 11 is 0. The zero-order valence-electron chi connectivity index (χ0n) is 9.74. The summed E-state index contributed by atoms with van der Waals surface area (Å²) < 4.78 is 13.3. The monoisotopic (exact) mass is 234 g/mol. The van der Waals surface area contributed by atoms with E-state index in [4.69, 9.17) is 5.73 Å². The molecule has 1 aliphatic heterocycles. The maximum absolute atomic E-state index is 13.3. The molecule has 0 spiro atoms. The van der Waals surface area contributed by atoms with E-state index in [1.165, 1.54) is 12.1 Å². The van der Waals surface area contributed by atoms with Crippen molar-refractivity contribution in [3.05, 3.63) is 41.2 Å². The summed E-state index contributed by atoms with van der Waals surface area (Å²) in [4.78, 5) is 13.9. The molecule has 0 aromatic heterocycles. The molecule has 0 radical (unpaired) electrons. The lowest BCUT2D eigenvalue weighted by molar-refractivity contribution is 0.0766. The fourth-order valence-corrected chi connectivity index (χ4v) is 1.98. The zero-order chi connectivity index (χ0) is 12.4. The first-order chi connectivity index (χ1) is 8.09. The summed E-state index contributed by atoms with van der Waals surface area (Å²) in [6.07, 6.45) is 2.95. The zero-order valence-corrected chi connectivity index (χ0v) is 9.74. The second-order valence-corrected chi connectivity index (χ2v) is 4.27. The Kier molecular flexibility index (Phi) is 3.13. The molecule has 1 aliphatic rings. The number of nitrogens with two attached hydrogens (primary N) is 1. The number of para-hydroxylation sites is 1. The first-order valence-electron chi connectivity index (χ1n) is 5.58. The molecule has 1 amide bonds. The molecule has 17 heavy (non-hydrogen) atoms. The Hall–Kier alpha value is -1.84. The van der Waals surface area contributed by atoms with Gasteiger partial charge in [-0.05, 0) is 25.5 Å². The van der Waals surface area contributed by atoms with Crippen LogP contribution in [0.5, 0.6) is 0 Å². The van der Waals surface area contributed by atoms with Gasteiger partial charge in [0.15, 0.2) is 0 Å². The van der Waals surface area contributed by atoms with Crippen molar-refractivity contribution in [2.45, 2.75) is 13.3 Å². The highest BCUT2D eigenvalue weighted by molar-refractivity contribution is 5.99. The minimum absolute atomic E-state index is 0.0651. The van der Waals surface area contributed by atoms with Crippen molar-refractivity contribution in [1.82, 2.24) is 4.90 Å².